The van der Waals surface area contributed by atoms with Gasteiger partial charge in [0.15, 0.2) is 0 Å². The third kappa shape index (κ3) is 2.55. The molecule has 2 N–H and O–H groups in total. The smallest absolute Gasteiger partial charge is 0.125 e. The second kappa shape index (κ2) is 5.25. The van der Waals surface area contributed by atoms with Crippen LogP contribution in [0.3, 0.4) is 0 Å². The average molecular weight is 243 g/mol. The molecule has 3 nitrogen and oxygen atoms in total. The summed E-state index contributed by atoms with van der Waals surface area (Å²) in [6, 6.07) is 10.7. The van der Waals surface area contributed by atoms with Crippen molar-refractivity contribution >= 4 is 5.82 Å². The van der Waals surface area contributed by atoms with E-state index >= 15 is 0 Å². The van der Waals surface area contributed by atoms with Crippen molar-refractivity contribution in [3.05, 3.63) is 47.7 Å². The summed E-state index contributed by atoms with van der Waals surface area (Å²) in [5.74, 6) is 1.36. The minimum Gasteiger partial charge on any atom is -0.384 e. The molecule has 2 aromatic rings. The maximum atomic E-state index is 6.12. The van der Waals surface area contributed by atoms with E-state index in [0.717, 1.165) is 17.8 Å². The van der Waals surface area contributed by atoms with E-state index in [0.29, 0.717) is 5.92 Å². The highest BCUT2D eigenvalue weighted by molar-refractivity contribution is 5.39. The van der Waals surface area contributed by atoms with Gasteiger partial charge in [0.2, 0.25) is 0 Å². The van der Waals surface area contributed by atoms with Crippen LogP contribution in [0.15, 0.2) is 36.5 Å². The van der Waals surface area contributed by atoms with E-state index in [1.807, 2.05) is 23.9 Å². The monoisotopic (exact) mass is 243 g/mol. The van der Waals surface area contributed by atoms with Crippen LogP contribution in [-0.2, 0) is 0 Å². The number of nitrogens with zero attached hydrogens (tertiary/aromatic N) is 2. The molecule has 0 amide bonds. The predicted octanol–water partition coefficient (Wildman–Crippen LogP) is 3.41. The molecule has 1 heterocycles. The number of hydrogen-bond donors (Lipinski definition) is 1. The summed E-state index contributed by atoms with van der Waals surface area (Å²) >= 11 is 0. The van der Waals surface area contributed by atoms with Crippen LogP contribution in [0.2, 0.25) is 0 Å². The second-order valence-electron chi connectivity index (χ2n) is 5.21. The molecule has 1 aromatic heterocycles. The van der Waals surface area contributed by atoms with Gasteiger partial charge in [0.1, 0.15) is 5.82 Å². The molecule has 0 bridgehead atoms. The van der Waals surface area contributed by atoms with Crippen molar-refractivity contribution in [2.45, 2.75) is 33.2 Å². The normalized spacial score (nSPS) is 12.9. The Labute approximate surface area is 109 Å². The van der Waals surface area contributed by atoms with Crippen molar-refractivity contribution in [2.75, 3.05) is 5.73 Å². The van der Waals surface area contributed by atoms with E-state index in [1.165, 1.54) is 5.56 Å². The molecule has 0 saturated heterocycles. The second-order valence-corrected chi connectivity index (χ2v) is 5.21. The number of nitrogen functional groups attached to an aromatic ring is 1. The molecule has 0 aliphatic rings. The lowest BCUT2D eigenvalue weighted by atomic mass is 9.97. The van der Waals surface area contributed by atoms with Crippen molar-refractivity contribution in [1.82, 2.24) is 9.78 Å². The number of aromatic nitrogens is 2. The molecule has 0 saturated carbocycles. The fraction of sp³-hybridized carbons (Fsp3) is 0.400. The van der Waals surface area contributed by atoms with Crippen molar-refractivity contribution in [1.29, 1.82) is 0 Å². The van der Waals surface area contributed by atoms with Crippen LogP contribution in [0.5, 0.6) is 0 Å². The Kier molecular flexibility index (Phi) is 3.70. The number of nitrogens with two attached hydrogens (primary N) is 1. The highest BCUT2D eigenvalue weighted by Crippen LogP contribution is 2.28. The number of anilines is 1. The van der Waals surface area contributed by atoms with Crippen molar-refractivity contribution < 1.29 is 0 Å². The van der Waals surface area contributed by atoms with Gasteiger partial charge in [-0.25, -0.2) is 4.68 Å². The third-order valence-electron chi connectivity index (χ3n) is 3.20. The van der Waals surface area contributed by atoms with Crippen molar-refractivity contribution in [3.63, 3.8) is 0 Å². The van der Waals surface area contributed by atoms with E-state index in [-0.39, 0.29) is 6.04 Å². The average Bonchev–Trinajstić information content (AvgIpc) is 2.68. The largest absolute Gasteiger partial charge is 0.384 e. The first-order valence-electron chi connectivity index (χ1n) is 6.44. The summed E-state index contributed by atoms with van der Waals surface area (Å²) in [5, 5.41) is 4.44. The minimum atomic E-state index is 0.222. The molecule has 0 spiro atoms. The predicted molar refractivity (Wildman–Crippen MR) is 75.4 cm³/mol. The summed E-state index contributed by atoms with van der Waals surface area (Å²) in [6.07, 6.45) is 2.88. The fourth-order valence-electron chi connectivity index (χ4n) is 2.21. The lowest BCUT2D eigenvalue weighted by molar-refractivity contribution is 0.426. The molecule has 96 valence electrons. The zero-order chi connectivity index (χ0) is 13.1. The molecule has 0 radical (unpaired) electrons. The van der Waals surface area contributed by atoms with Gasteiger partial charge in [-0.2, -0.15) is 5.10 Å². The van der Waals surface area contributed by atoms with Gasteiger partial charge in [-0.1, -0.05) is 44.2 Å². The summed E-state index contributed by atoms with van der Waals surface area (Å²) in [7, 11) is 0. The Hall–Kier alpha value is -1.77. The van der Waals surface area contributed by atoms with Crippen LogP contribution in [0, 0.1) is 12.8 Å². The van der Waals surface area contributed by atoms with Gasteiger partial charge in [0.05, 0.1) is 12.2 Å². The standard InChI is InChI=1S/C15H21N3/c1-11(2)9-14(13-7-5-4-6-8-13)18-15(16)12(3)10-17-18/h4-8,10-11,14H,9,16H2,1-3H3. The summed E-state index contributed by atoms with van der Waals surface area (Å²) < 4.78 is 1.95. The number of rotatable bonds is 4. The zero-order valence-corrected chi connectivity index (χ0v) is 11.3. The molecule has 1 atom stereocenters. The first kappa shape index (κ1) is 12.7. The maximum Gasteiger partial charge on any atom is 0.125 e. The summed E-state index contributed by atoms with van der Waals surface area (Å²) in [4.78, 5) is 0. The van der Waals surface area contributed by atoms with Gasteiger partial charge >= 0.3 is 0 Å². The Morgan fingerprint density at radius 2 is 1.89 bits per heavy atom. The molecule has 1 unspecified atom stereocenters. The Balaban J connectivity index is 2.40. The van der Waals surface area contributed by atoms with Crippen LogP contribution in [-0.4, -0.2) is 9.78 Å². The van der Waals surface area contributed by atoms with Gasteiger partial charge in [0.25, 0.3) is 0 Å². The minimum absolute atomic E-state index is 0.222. The van der Waals surface area contributed by atoms with Crippen LogP contribution in [0.4, 0.5) is 5.82 Å². The van der Waals surface area contributed by atoms with E-state index in [4.69, 9.17) is 5.73 Å². The summed E-state index contributed by atoms with van der Waals surface area (Å²) in [5.41, 5.74) is 8.42. The molecule has 1 aromatic carbocycles. The summed E-state index contributed by atoms with van der Waals surface area (Å²) in [6.45, 7) is 6.45. The fourth-order valence-corrected chi connectivity index (χ4v) is 2.21. The molecular weight excluding hydrogens is 222 g/mol. The SMILES string of the molecule is Cc1cnn(C(CC(C)C)c2ccccc2)c1N. The Bertz CT molecular complexity index is 500. The van der Waals surface area contributed by atoms with E-state index in [1.54, 1.807) is 0 Å². The molecule has 0 aliphatic carbocycles. The van der Waals surface area contributed by atoms with Gasteiger partial charge in [-0.15, -0.1) is 0 Å². The maximum absolute atomic E-state index is 6.12. The highest BCUT2D eigenvalue weighted by Gasteiger charge is 2.18. The zero-order valence-electron chi connectivity index (χ0n) is 11.3. The molecular formula is C15H21N3. The van der Waals surface area contributed by atoms with E-state index in [2.05, 4.69) is 43.2 Å². The molecule has 0 aliphatic heterocycles. The van der Waals surface area contributed by atoms with Gasteiger partial charge in [-0.3, -0.25) is 0 Å². The highest BCUT2D eigenvalue weighted by atomic mass is 15.3. The Morgan fingerprint density at radius 3 is 2.39 bits per heavy atom. The molecule has 2 rings (SSSR count). The van der Waals surface area contributed by atoms with Gasteiger partial charge < -0.3 is 5.73 Å². The lowest BCUT2D eigenvalue weighted by Crippen LogP contribution is -2.16. The van der Waals surface area contributed by atoms with Crippen LogP contribution in [0.1, 0.15) is 37.4 Å². The Morgan fingerprint density at radius 1 is 1.22 bits per heavy atom. The molecule has 3 heteroatoms. The number of benzene rings is 1. The number of hydrogen-bond acceptors (Lipinski definition) is 2. The molecule has 18 heavy (non-hydrogen) atoms. The van der Waals surface area contributed by atoms with Crippen LogP contribution in [0.25, 0.3) is 0 Å². The van der Waals surface area contributed by atoms with Crippen LogP contribution < -0.4 is 5.73 Å². The lowest BCUT2D eigenvalue weighted by Gasteiger charge is -2.21. The van der Waals surface area contributed by atoms with Crippen molar-refractivity contribution in [2.24, 2.45) is 5.92 Å². The molecule has 0 fully saturated rings. The van der Waals surface area contributed by atoms with E-state index in [9.17, 15) is 0 Å². The third-order valence-corrected chi connectivity index (χ3v) is 3.20. The quantitative estimate of drug-likeness (QED) is 0.894. The number of aryl methyl sites for hydroxylation is 1. The topological polar surface area (TPSA) is 43.8 Å². The first-order chi connectivity index (χ1) is 8.59. The van der Waals surface area contributed by atoms with Crippen LogP contribution >= 0.6 is 0 Å². The van der Waals surface area contributed by atoms with E-state index < -0.39 is 0 Å². The first-order valence-corrected chi connectivity index (χ1v) is 6.44. The van der Waals surface area contributed by atoms with Gasteiger partial charge in [-0.05, 0) is 24.8 Å². The van der Waals surface area contributed by atoms with Gasteiger partial charge in [0, 0.05) is 5.56 Å². The van der Waals surface area contributed by atoms with Crippen molar-refractivity contribution in [3.8, 4) is 0 Å².